The summed E-state index contributed by atoms with van der Waals surface area (Å²) < 4.78 is 16.6. The van der Waals surface area contributed by atoms with Gasteiger partial charge < -0.3 is 14.2 Å². The maximum absolute atomic E-state index is 13.8. The summed E-state index contributed by atoms with van der Waals surface area (Å²) in [4.78, 5) is 40.6. The third-order valence-corrected chi connectivity index (χ3v) is 7.25. The van der Waals surface area contributed by atoms with Crippen LogP contribution in [0.15, 0.2) is 78.9 Å². The Morgan fingerprint density at radius 3 is 1.67 bits per heavy atom. The Hall–Kier alpha value is -3.93. The van der Waals surface area contributed by atoms with Crippen molar-refractivity contribution in [2.24, 2.45) is 5.41 Å². The number of esters is 2. The van der Waals surface area contributed by atoms with Crippen LogP contribution in [0.1, 0.15) is 49.7 Å². The van der Waals surface area contributed by atoms with E-state index in [0.717, 1.165) is 28.0 Å². The number of ether oxygens (including phenoxy) is 3. The number of benzene rings is 3. The highest BCUT2D eigenvalue weighted by atomic mass is 16.7. The van der Waals surface area contributed by atoms with Gasteiger partial charge in [-0.1, -0.05) is 66.7 Å². The lowest BCUT2D eigenvalue weighted by molar-refractivity contribution is -0.256. The van der Waals surface area contributed by atoms with E-state index in [9.17, 15) is 14.4 Å². The van der Waals surface area contributed by atoms with Crippen molar-refractivity contribution in [1.29, 1.82) is 0 Å². The summed E-state index contributed by atoms with van der Waals surface area (Å²) in [5.74, 6) is -3.31. The second-order valence-corrected chi connectivity index (χ2v) is 9.86. The molecule has 1 saturated heterocycles. The van der Waals surface area contributed by atoms with Gasteiger partial charge in [0, 0.05) is 38.5 Å². The van der Waals surface area contributed by atoms with Crippen molar-refractivity contribution in [2.75, 3.05) is 7.11 Å². The van der Waals surface area contributed by atoms with Gasteiger partial charge in [-0.05, 0) is 34.4 Å². The van der Waals surface area contributed by atoms with Gasteiger partial charge in [-0.15, -0.1) is 0 Å². The van der Waals surface area contributed by atoms with Crippen molar-refractivity contribution in [3.05, 3.63) is 90.0 Å². The predicted molar refractivity (Wildman–Crippen MR) is 133 cm³/mol. The molecular weight excluding hydrogens is 456 g/mol. The number of rotatable bonds is 4. The highest BCUT2D eigenvalue weighted by Crippen LogP contribution is 2.57. The summed E-state index contributed by atoms with van der Waals surface area (Å²) in [7, 11) is 1.62. The number of carbonyl (C=O) groups is 3. The summed E-state index contributed by atoms with van der Waals surface area (Å²) in [6.45, 7) is 3.08. The lowest BCUT2D eigenvalue weighted by Crippen LogP contribution is -2.61. The predicted octanol–water partition coefficient (Wildman–Crippen LogP) is 5.42. The summed E-state index contributed by atoms with van der Waals surface area (Å²) in [6, 6.07) is 24.5. The van der Waals surface area contributed by atoms with Crippen LogP contribution in [0, 0.1) is 5.41 Å². The van der Waals surface area contributed by atoms with Gasteiger partial charge in [0.25, 0.3) is 5.79 Å². The molecule has 0 amide bonds. The average Bonchev–Trinajstić information content (AvgIpc) is 2.87. The molecule has 0 bridgehead atoms. The van der Waals surface area contributed by atoms with E-state index in [1.54, 1.807) is 21.0 Å². The van der Waals surface area contributed by atoms with E-state index >= 15 is 0 Å². The number of methoxy groups -OCH3 is 1. The van der Waals surface area contributed by atoms with Crippen molar-refractivity contribution in [1.82, 2.24) is 0 Å². The molecule has 0 N–H and O–H groups in total. The third kappa shape index (κ3) is 3.96. The molecule has 3 aromatic carbocycles. The van der Waals surface area contributed by atoms with Gasteiger partial charge in [0.05, 0.1) is 7.11 Å². The molecule has 2 aliphatic rings. The van der Waals surface area contributed by atoms with Crippen LogP contribution in [0.2, 0.25) is 0 Å². The van der Waals surface area contributed by atoms with Crippen LogP contribution in [-0.2, 0) is 23.9 Å². The van der Waals surface area contributed by atoms with E-state index in [1.807, 2.05) is 78.9 Å². The van der Waals surface area contributed by atoms with Gasteiger partial charge >= 0.3 is 11.9 Å². The molecule has 0 unspecified atom stereocenters. The van der Waals surface area contributed by atoms with Crippen LogP contribution in [0.4, 0.5) is 0 Å². The lowest BCUT2D eigenvalue weighted by Gasteiger charge is -2.49. The lowest BCUT2D eigenvalue weighted by atomic mass is 9.55. The standard InChI is InChI=1S/C30H28O6/c1-29(2)35-27(32)30(28(33)36-29)25(21-7-5-4-6-8-21)17-23(31)18-26(30)22-11-9-19(10-12-22)20-13-15-24(34-3)16-14-20/h4-16,25-26H,17-18H2,1-3H3/t25-,26+/m1/s1. The first kappa shape index (κ1) is 23.8. The fourth-order valence-corrected chi connectivity index (χ4v) is 5.53. The van der Waals surface area contributed by atoms with Crippen LogP contribution in [0.3, 0.4) is 0 Å². The zero-order valence-corrected chi connectivity index (χ0v) is 20.5. The maximum Gasteiger partial charge on any atom is 0.328 e. The first-order chi connectivity index (χ1) is 17.2. The Kier molecular flexibility index (Phi) is 5.91. The molecule has 184 valence electrons. The van der Waals surface area contributed by atoms with Crippen molar-refractivity contribution in [3.63, 3.8) is 0 Å². The van der Waals surface area contributed by atoms with Crippen molar-refractivity contribution in [2.45, 2.75) is 44.3 Å². The van der Waals surface area contributed by atoms with Gasteiger partial charge in [0.15, 0.2) is 5.41 Å². The van der Waals surface area contributed by atoms with E-state index in [-0.39, 0.29) is 18.6 Å². The highest BCUT2D eigenvalue weighted by molar-refractivity contribution is 6.06. The largest absolute Gasteiger partial charge is 0.497 e. The van der Waals surface area contributed by atoms with Gasteiger partial charge in [-0.3, -0.25) is 14.4 Å². The van der Waals surface area contributed by atoms with Crippen LogP contribution in [-0.4, -0.2) is 30.6 Å². The summed E-state index contributed by atoms with van der Waals surface area (Å²) >= 11 is 0. The van der Waals surface area contributed by atoms with Gasteiger partial charge in [0.2, 0.25) is 0 Å². The molecule has 6 heteroatoms. The first-order valence-electron chi connectivity index (χ1n) is 12.0. The number of carbonyl (C=O) groups excluding carboxylic acids is 3. The molecule has 0 aromatic heterocycles. The number of ketones is 1. The van der Waals surface area contributed by atoms with Gasteiger partial charge in [0.1, 0.15) is 11.5 Å². The van der Waals surface area contributed by atoms with E-state index in [1.165, 1.54) is 0 Å². The number of hydrogen-bond acceptors (Lipinski definition) is 6. The quantitative estimate of drug-likeness (QED) is 0.364. The summed E-state index contributed by atoms with van der Waals surface area (Å²) in [6.07, 6.45) is 0.116. The monoisotopic (exact) mass is 484 g/mol. The number of hydrogen-bond donors (Lipinski definition) is 0. The molecule has 5 rings (SSSR count). The molecule has 3 aromatic rings. The van der Waals surface area contributed by atoms with Gasteiger partial charge in [-0.2, -0.15) is 0 Å². The molecule has 0 radical (unpaired) electrons. The Morgan fingerprint density at radius 1 is 0.694 bits per heavy atom. The van der Waals surface area contributed by atoms with Crippen LogP contribution < -0.4 is 4.74 Å². The Morgan fingerprint density at radius 2 is 1.17 bits per heavy atom. The Labute approximate surface area is 210 Å². The van der Waals surface area contributed by atoms with E-state index in [0.29, 0.717) is 0 Å². The molecular formula is C30H28O6. The number of cyclic esters (lactones) is 2. The molecule has 36 heavy (non-hydrogen) atoms. The van der Waals surface area contributed by atoms with E-state index < -0.39 is 35.0 Å². The third-order valence-electron chi connectivity index (χ3n) is 7.25. The molecule has 1 heterocycles. The Bertz CT molecular complexity index is 1270. The second-order valence-electron chi connectivity index (χ2n) is 9.86. The highest BCUT2D eigenvalue weighted by Gasteiger charge is 2.67. The minimum atomic E-state index is -1.66. The minimum absolute atomic E-state index is 0.0101. The van der Waals surface area contributed by atoms with Crippen LogP contribution >= 0.6 is 0 Å². The Balaban J connectivity index is 1.61. The molecule has 2 atom stereocenters. The molecule has 1 aliphatic carbocycles. The van der Waals surface area contributed by atoms with Gasteiger partial charge in [-0.25, -0.2) is 0 Å². The average molecular weight is 485 g/mol. The zero-order valence-electron chi connectivity index (χ0n) is 20.5. The van der Waals surface area contributed by atoms with Crippen LogP contribution in [0.5, 0.6) is 5.75 Å². The second kappa shape index (κ2) is 8.94. The fraction of sp³-hybridized carbons (Fsp3) is 0.300. The fourth-order valence-electron chi connectivity index (χ4n) is 5.53. The molecule has 1 aliphatic heterocycles. The van der Waals surface area contributed by atoms with Crippen molar-refractivity contribution >= 4 is 17.7 Å². The maximum atomic E-state index is 13.8. The van der Waals surface area contributed by atoms with Crippen molar-refractivity contribution < 1.29 is 28.6 Å². The molecule has 1 saturated carbocycles. The normalized spacial score (nSPS) is 22.6. The minimum Gasteiger partial charge on any atom is -0.497 e. The molecule has 6 nitrogen and oxygen atoms in total. The number of Topliss-reactive ketones (excluding diaryl/α,β-unsaturated/α-hetero) is 1. The van der Waals surface area contributed by atoms with E-state index in [4.69, 9.17) is 14.2 Å². The molecule has 1 spiro atoms. The topological polar surface area (TPSA) is 78.9 Å². The zero-order chi connectivity index (χ0) is 25.5. The van der Waals surface area contributed by atoms with E-state index in [2.05, 4.69) is 0 Å². The summed E-state index contributed by atoms with van der Waals surface area (Å²) in [5, 5.41) is 0. The van der Waals surface area contributed by atoms with Crippen molar-refractivity contribution in [3.8, 4) is 16.9 Å². The first-order valence-corrected chi connectivity index (χ1v) is 12.0. The SMILES string of the molecule is COc1ccc(-c2ccc([C@@H]3CC(=O)C[C@H](c4ccccc4)C34C(=O)OC(C)(C)OC4=O)cc2)cc1. The van der Waals surface area contributed by atoms with Crippen LogP contribution in [0.25, 0.3) is 11.1 Å². The summed E-state index contributed by atoms with van der Waals surface area (Å²) in [5.41, 5.74) is 1.75. The smallest absolute Gasteiger partial charge is 0.328 e. The molecule has 2 fully saturated rings.